The van der Waals surface area contributed by atoms with E-state index in [-0.39, 0.29) is 18.4 Å². The van der Waals surface area contributed by atoms with Crippen molar-refractivity contribution in [3.05, 3.63) is 66.2 Å². The molecule has 164 valence electrons. The molecule has 6 heteroatoms. The van der Waals surface area contributed by atoms with E-state index in [0.29, 0.717) is 29.5 Å². The zero-order valence-corrected chi connectivity index (χ0v) is 18.3. The fraction of sp³-hybridized carbons (Fsp3) is 0.360. The van der Waals surface area contributed by atoms with Crippen LogP contribution >= 0.6 is 0 Å². The number of ether oxygens (including phenoxy) is 1. The lowest BCUT2D eigenvalue weighted by atomic mass is 9.98. The normalized spacial score (nSPS) is 14.1. The molecule has 6 nitrogen and oxygen atoms in total. The summed E-state index contributed by atoms with van der Waals surface area (Å²) >= 11 is 0. The average molecular weight is 422 g/mol. The van der Waals surface area contributed by atoms with Crippen LogP contribution in [0.2, 0.25) is 0 Å². The number of amides is 2. The number of likely N-dealkylation sites (tertiary alicyclic amines) is 1. The predicted molar refractivity (Wildman–Crippen MR) is 125 cm³/mol. The average Bonchev–Trinajstić information content (AvgIpc) is 2.77. The summed E-state index contributed by atoms with van der Waals surface area (Å²) in [5.74, 6) is 1.18. The molecule has 1 aliphatic heterocycles. The molecule has 0 aliphatic carbocycles. The van der Waals surface area contributed by atoms with Gasteiger partial charge in [0.15, 0.2) is 0 Å². The van der Waals surface area contributed by atoms with Crippen LogP contribution in [0.25, 0.3) is 0 Å². The van der Waals surface area contributed by atoms with Gasteiger partial charge in [0.2, 0.25) is 5.91 Å². The number of carbonyl (C=O) groups excluding carboxylic acids is 2. The highest BCUT2D eigenvalue weighted by Crippen LogP contribution is 2.24. The van der Waals surface area contributed by atoms with E-state index in [1.165, 1.54) is 0 Å². The fourth-order valence-corrected chi connectivity index (χ4v) is 3.40. The third kappa shape index (κ3) is 6.60. The van der Waals surface area contributed by atoms with Crippen molar-refractivity contribution in [2.24, 2.45) is 5.92 Å². The van der Waals surface area contributed by atoms with Gasteiger partial charge in [-0.3, -0.25) is 9.59 Å². The van der Waals surface area contributed by atoms with Crippen LogP contribution in [0.1, 0.15) is 37.0 Å². The van der Waals surface area contributed by atoms with E-state index in [9.17, 15) is 9.59 Å². The molecule has 2 amide bonds. The Kier molecular flexibility index (Phi) is 7.70. The highest BCUT2D eigenvalue weighted by atomic mass is 16.5. The van der Waals surface area contributed by atoms with Crippen molar-refractivity contribution in [2.45, 2.75) is 26.7 Å². The Morgan fingerprint density at radius 2 is 1.77 bits per heavy atom. The fourth-order valence-electron chi connectivity index (χ4n) is 3.40. The van der Waals surface area contributed by atoms with Crippen molar-refractivity contribution in [1.82, 2.24) is 4.90 Å². The molecular formula is C25H31N3O3. The van der Waals surface area contributed by atoms with Crippen molar-refractivity contribution < 1.29 is 14.3 Å². The van der Waals surface area contributed by atoms with Gasteiger partial charge >= 0.3 is 0 Å². The number of carbonyl (C=O) groups is 2. The van der Waals surface area contributed by atoms with Gasteiger partial charge in [0.05, 0.1) is 12.2 Å². The standard InChI is InChI=1S/C25H31N3O3/c1-18(2)17-31-23-7-5-4-6-22(23)27-24(29)16-26-21-10-8-20(9-11-21)25(30)28-14-12-19(3)13-15-28/h4-11,19,26H,1,12-17H2,2-3H3,(H,27,29). The molecule has 0 atom stereocenters. The molecule has 0 bridgehead atoms. The minimum Gasteiger partial charge on any atom is -0.487 e. The number of hydrogen-bond acceptors (Lipinski definition) is 4. The first kappa shape index (κ1) is 22.4. The number of hydrogen-bond donors (Lipinski definition) is 2. The van der Waals surface area contributed by atoms with Gasteiger partial charge in [-0.05, 0) is 67.7 Å². The van der Waals surface area contributed by atoms with Crippen molar-refractivity contribution in [1.29, 1.82) is 0 Å². The molecule has 2 N–H and O–H groups in total. The molecular weight excluding hydrogens is 390 g/mol. The third-order valence-electron chi connectivity index (χ3n) is 5.29. The van der Waals surface area contributed by atoms with E-state index in [1.807, 2.05) is 42.2 Å². The number of rotatable bonds is 8. The van der Waals surface area contributed by atoms with Crippen LogP contribution in [0.4, 0.5) is 11.4 Å². The van der Waals surface area contributed by atoms with Gasteiger partial charge in [0.1, 0.15) is 12.4 Å². The second kappa shape index (κ2) is 10.7. The Bertz CT molecular complexity index is 916. The summed E-state index contributed by atoms with van der Waals surface area (Å²) in [6, 6.07) is 14.6. The van der Waals surface area contributed by atoms with Crippen LogP contribution in [0.15, 0.2) is 60.7 Å². The molecule has 0 saturated carbocycles. The van der Waals surface area contributed by atoms with Crippen molar-refractivity contribution in [2.75, 3.05) is 36.9 Å². The van der Waals surface area contributed by atoms with Gasteiger partial charge in [-0.25, -0.2) is 0 Å². The highest BCUT2D eigenvalue weighted by molar-refractivity contribution is 5.96. The maximum absolute atomic E-state index is 12.6. The monoisotopic (exact) mass is 421 g/mol. The van der Waals surface area contributed by atoms with Crippen molar-refractivity contribution in [3.8, 4) is 5.75 Å². The van der Waals surface area contributed by atoms with Gasteiger partial charge in [0, 0.05) is 24.3 Å². The first-order chi connectivity index (χ1) is 14.9. The summed E-state index contributed by atoms with van der Waals surface area (Å²) in [5, 5.41) is 5.96. The quantitative estimate of drug-likeness (QED) is 0.613. The zero-order chi connectivity index (χ0) is 22.2. The summed E-state index contributed by atoms with van der Waals surface area (Å²) in [4.78, 5) is 26.9. The number of anilines is 2. The van der Waals surface area contributed by atoms with E-state index in [1.54, 1.807) is 18.2 Å². The molecule has 3 rings (SSSR count). The number of piperidine rings is 1. The molecule has 1 saturated heterocycles. The zero-order valence-electron chi connectivity index (χ0n) is 18.3. The molecule has 1 heterocycles. The van der Waals surface area contributed by atoms with Gasteiger partial charge in [-0.1, -0.05) is 25.6 Å². The second-order valence-electron chi connectivity index (χ2n) is 8.20. The van der Waals surface area contributed by atoms with Gasteiger partial charge in [-0.2, -0.15) is 0 Å². The molecule has 31 heavy (non-hydrogen) atoms. The first-order valence-electron chi connectivity index (χ1n) is 10.7. The molecule has 0 unspecified atom stereocenters. The predicted octanol–water partition coefficient (Wildman–Crippen LogP) is 4.56. The summed E-state index contributed by atoms with van der Waals surface area (Å²) < 4.78 is 5.68. The van der Waals surface area contributed by atoms with Crippen molar-refractivity contribution >= 4 is 23.2 Å². The van der Waals surface area contributed by atoms with E-state index in [4.69, 9.17) is 4.74 Å². The SMILES string of the molecule is C=C(C)COc1ccccc1NC(=O)CNc1ccc(C(=O)N2CCC(C)CC2)cc1. The molecule has 0 spiro atoms. The second-order valence-corrected chi connectivity index (χ2v) is 8.20. The lowest BCUT2D eigenvalue weighted by molar-refractivity contribution is -0.114. The summed E-state index contributed by atoms with van der Waals surface area (Å²) in [5.41, 5.74) is 2.98. The van der Waals surface area contributed by atoms with Crippen LogP contribution in [0.5, 0.6) is 5.75 Å². The Morgan fingerprint density at radius 3 is 2.45 bits per heavy atom. The van der Waals surface area contributed by atoms with E-state index < -0.39 is 0 Å². The Labute approximate surface area is 184 Å². The largest absolute Gasteiger partial charge is 0.487 e. The maximum Gasteiger partial charge on any atom is 0.253 e. The third-order valence-corrected chi connectivity index (χ3v) is 5.29. The Balaban J connectivity index is 1.51. The molecule has 2 aromatic rings. The smallest absolute Gasteiger partial charge is 0.253 e. The molecule has 0 radical (unpaired) electrons. The number of nitrogens with one attached hydrogen (secondary N) is 2. The van der Waals surface area contributed by atoms with Gasteiger partial charge < -0.3 is 20.3 Å². The van der Waals surface area contributed by atoms with Gasteiger partial charge in [-0.15, -0.1) is 0 Å². The number of para-hydroxylation sites is 2. The lowest BCUT2D eigenvalue weighted by Gasteiger charge is -2.30. The van der Waals surface area contributed by atoms with E-state index in [2.05, 4.69) is 24.1 Å². The minimum atomic E-state index is -0.186. The Morgan fingerprint density at radius 1 is 1.10 bits per heavy atom. The van der Waals surface area contributed by atoms with Crippen molar-refractivity contribution in [3.63, 3.8) is 0 Å². The first-order valence-corrected chi connectivity index (χ1v) is 10.7. The van der Waals surface area contributed by atoms with Crippen LogP contribution in [-0.2, 0) is 4.79 Å². The molecule has 1 fully saturated rings. The van der Waals surface area contributed by atoms with Gasteiger partial charge in [0.25, 0.3) is 5.91 Å². The van der Waals surface area contributed by atoms with Crippen LogP contribution in [0.3, 0.4) is 0 Å². The Hall–Kier alpha value is -3.28. The van der Waals surface area contributed by atoms with E-state index >= 15 is 0 Å². The topological polar surface area (TPSA) is 70.7 Å². The van der Waals surface area contributed by atoms with E-state index in [0.717, 1.165) is 37.2 Å². The summed E-state index contributed by atoms with van der Waals surface area (Å²) in [6.45, 7) is 10.1. The van der Waals surface area contributed by atoms with Crippen LogP contribution in [-0.4, -0.2) is 43.0 Å². The maximum atomic E-state index is 12.6. The molecule has 1 aliphatic rings. The molecule has 2 aromatic carbocycles. The number of nitrogens with zero attached hydrogens (tertiary/aromatic N) is 1. The molecule has 0 aromatic heterocycles. The number of benzene rings is 2. The van der Waals surface area contributed by atoms with Crippen LogP contribution in [0, 0.1) is 5.92 Å². The summed E-state index contributed by atoms with van der Waals surface area (Å²) in [6.07, 6.45) is 2.11. The minimum absolute atomic E-state index is 0.0718. The highest BCUT2D eigenvalue weighted by Gasteiger charge is 2.21. The summed E-state index contributed by atoms with van der Waals surface area (Å²) in [7, 11) is 0. The lowest BCUT2D eigenvalue weighted by Crippen LogP contribution is -2.37. The van der Waals surface area contributed by atoms with Crippen LogP contribution < -0.4 is 15.4 Å².